The van der Waals surface area contributed by atoms with E-state index in [2.05, 4.69) is 10.3 Å². The molecule has 4 nitrogen and oxygen atoms in total. The Labute approximate surface area is 112 Å². The lowest BCUT2D eigenvalue weighted by atomic mass is 10.3. The van der Waals surface area contributed by atoms with E-state index in [1.807, 2.05) is 30.5 Å². The van der Waals surface area contributed by atoms with Crippen molar-refractivity contribution in [2.24, 2.45) is 5.92 Å². The number of hydrogen-bond donors (Lipinski definition) is 1. The minimum atomic E-state index is 0.724. The third-order valence-electron chi connectivity index (χ3n) is 3.17. The van der Waals surface area contributed by atoms with Gasteiger partial charge in [0.25, 0.3) is 0 Å². The van der Waals surface area contributed by atoms with Crippen LogP contribution in [0.5, 0.6) is 5.88 Å². The van der Waals surface area contributed by atoms with Gasteiger partial charge in [-0.3, -0.25) is 0 Å². The second kappa shape index (κ2) is 5.89. The van der Waals surface area contributed by atoms with Crippen molar-refractivity contribution in [1.82, 2.24) is 10.3 Å². The molecule has 0 aromatic carbocycles. The first kappa shape index (κ1) is 12.2. The number of hydrogen-bond acceptors (Lipinski definition) is 4. The second-order valence-corrected chi connectivity index (χ2v) is 4.94. The molecule has 1 aliphatic rings. The molecule has 0 saturated heterocycles. The molecule has 0 aliphatic heterocycles. The molecular formula is C15H18N2O2. The van der Waals surface area contributed by atoms with Crippen LogP contribution in [0.25, 0.3) is 0 Å². The molecule has 0 atom stereocenters. The summed E-state index contributed by atoms with van der Waals surface area (Å²) in [6.45, 7) is 2.31. The number of ether oxygens (including phenoxy) is 1. The minimum absolute atomic E-state index is 0.724. The van der Waals surface area contributed by atoms with E-state index >= 15 is 0 Å². The Balaban J connectivity index is 1.42. The highest BCUT2D eigenvalue weighted by molar-refractivity contribution is 5.17. The Kier molecular flexibility index (Phi) is 3.79. The molecule has 1 N–H and O–H groups in total. The second-order valence-electron chi connectivity index (χ2n) is 4.94. The summed E-state index contributed by atoms with van der Waals surface area (Å²) in [6.07, 6.45) is 6.14. The molecule has 1 aliphatic carbocycles. The summed E-state index contributed by atoms with van der Waals surface area (Å²) in [7, 11) is 0. The van der Waals surface area contributed by atoms with Crippen molar-refractivity contribution in [3.63, 3.8) is 0 Å². The Bertz CT molecular complexity index is 489. The first-order chi connectivity index (χ1) is 9.40. The van der Waals surface area contributed by atoms with E-state index in [9.17, 15) is 0 Å². The van der Waals surface area contributed by atoms with Crippen LogP contribution in [-0.2, 0) is 13.1 Å². The Morgan fingerprint density at radius 3 is 2.89 bits per heavy atom. The molecule has 3 rings (SSSR count). The van der Waals surface area contributed by atoms with Gasteiger partial charge in [0.2, 0.25) is 5.88 Å². The average Bonchev–Trinajstić information content (AvgIpc) is 3.13. The van der Waals surface area contributed by atoms with E-state index in [1.54, 1.807) is 6.26 Å². The quantitative estimate of drug-likeness (QED) is 0.829. The van der Waals surface area contributed by atoms with Crippen LogP contribution in [0.15, 0.2) is 41.1 Å². The van der Waals surface area contributed by atoms with Crippen molar-refractivity contribution in [3.05, 3.63) is 48.0 Å². The van der Waals surface area contributed by atoms with Gasteiger partial charge in [-0.25, -0.2) is 4.98 Å². The molecule has 1 saturated carbocycles. The van der Waals surface area contributed by atoms with Gasteiger partial charge < -0.3 is 14.5 Å². The molecular weight excluding hydrogens is 240 g/mol. The molecule has 19 heavy (non-hydrogen) atoms. The summed E-state index contributed by atoms with van der Waals surface area (Å²) in [5.74, 6) is 2.43. The fraction of sp³-hybridized carbons (Fsp3) is 0.400. The van der Waals surface area contributed by atoms with Crippen LogP contribution in [0.3, 0.4) is 0 Å². The molecule has 1 fully saturated rings. The van der Waals surface area contributed by atoms with Crippen LogP contribution in [0, 0.1) is 5.92 Å². The van der Waals surface area contributed by atoms with Gasteiger partial charge in [-0.15, -0.1) is 0 Å². The van der Waals surface area contributed by atoms with Crippen LogP contribution in [0.2, 0.25) is 0 Å². The van der Waals surface area contributed by atoms with Gasteiger partial charge in [-0.05, 0) is 36.5 Å². The van der Waals surface area contributed by atoms with Crippen molar-refractivity contribution < 1.29 is 9.15 Å². The maximum absolute atomic E-state index is 5.60. The number of rotatable bonds is 7. The smallest absolute Gasteiger partial charge is 0.213 e. The zero-order valence-electron chi connectivity index (χ0n) is 10.8. The largest absolute Gasteiger partial charge is 0.477 e. The molecule has 0 amide bonds. The molecule has 0 spiro atoms. The van der Waals surface area contributed by atoms with Gasteiger partial charge >= 0.3 is 0 Å². The highest BCUT2D eigenvalue weighted by Crippen LogP contribution is 2.29. The van der Waals surface area contributed by atoms with E-state index in [1.165, 1.54) is 12.8 Å². The van der Waals surface area contributed by atoms with Gasteiger partial charge in [0, 0.05) is 18.8 Å². The van der Waals surface area contributed by atoms with Crippen molar-refractivity contribution >= 4 is 0 Å². The summed E-state index contributed by atoms with van der Waals surface area (Å²) in [5, 5.41) is 3.31. The van der Waals surface area contributed by atoms with Gasteiger partial charge in [0.1, 0.15) is 5.76 Å². The van der Waals surface area contributed by atoms with E-state index in [0.717, 1.165) is 42.8 Å². The Morgan fingerprint density at radius 2 is 2.21 bits per heavy atom. The molecule has 0 bridgehead atoms. The lowest BCUT2D eigenvalue weighted by Gasteiger charge is -2.06. The highest BCUT2D eigenvalue weighted by atomic mass is 16.5. The van der Waals surface area contributed by atoms with Crippen LogP contribution >= 0.6 is 0 Å². The zero-order chi connectivity index (χ0) is 12.9. The van der Waals surface area contributed by atoms with Crippen LogP contribution in [0.4, 0.5) is 0 Å². The standard InChI is InChI=1S/C15H18N2O2/c1-2-14(18-7-1)10-16-8-13-5-6-15(17-9-13)19-11-12-3-4-12/h1-2,5-7,9,12,16H,3-4,8,10-11H2. The van der Waals surface area contributed by atoms with E-state index < -0.39 is 0 Å². The lowest BCUT2D eigenvalue weighted by Crippen LogP contribution is -2.12. The fourth-order valence-electron chi connectivity index (χ4n) is 1.83. The Hall–Kier alpha value is -1.81. The predicted octanol–water partition coefficient (Wildman–Crippen LogP) is 2.75. The van der Waals surface area contributed by atoms with Crippen molar-refractivity contribution in [3.8, 4) is 5.88 Å². The minimum Gasteiger partial charge on any atom is -0.477 e. The summed E-state index contributed by atoms with van der Waals surface area (Å²) >= 11 is 0. The maximum atomic E-state index is 5.60. The van der Waals surface area contributed by atoms with E-state index in [-0.39, 0.29) is 0 Å². The lowest BCUT2D eigenvalue weighted by molar-refractivity contribution is 0.288. The first-order valence-electron chi connectivity index (χ1n) is 6.71. The first-order valence-corrected chi connectivity index (χ1v) is 6.71. The highest BCUT2D eigenvalue weighted by Gasteiger charge is 2.21. The molecule has 2 aromatic heterocycles. The monoisotopic (exact) mass is 258 g/mol. The van der Waals surface area contributed by atoms with E-state index in [0.29, 0.717) is 0 Å². The number of furan rings is 1. The van der Waals surface area contributed by atoms with Crippen LogP contribution < -0.4 is 10.1 Å². The number of pyridine rings is 1. The van der Waals surface area contributed by atoms with Crippen molar-refractivity contribution in [2.45, 2.75) is 25.9 Å². The molecule has 0 unspecified atom stereocenters. The van der Waals surface area contributed by atoms with Gasteiger partial charge in [0.05, 0.1) is 19.4 Å². The summed E-state index contributed by atoms with van der Waals surface area (Å²) in [6, 6.07) is 7.83. The van der Waals surface area contributed by atoms with Crippen molar-refractivity contribution in [2.75, 3.05) is 6.61 Å². The summed E-state index contributed by atoms with van der Waals surface area (Å²) < 4.78 is 10.9. The number of aromatic nitrogens is 1. The summed E-state index contributed by atoms with van der Waals surface area (Å²) in [5.41, 5.74) is 1.14. The molecule has 2 aromatic rings. The Morgan fingerprint density at radius 1 is 1.26 bits per heavy atom. The maximum Gasteiger partial charge on any atom is 0.213 e. The molecule has 100 valence electrons. The third-order valence-corrected chi connectivity index (χ3v) is 3.17. The topological polar surface area (TPSA) is 47.3 Å². The van der Waals surface area contributed by atoms with Gasteiger partial charge in [-0.1, -0.05) is 6.07 Å². The number of nitrogens with zero attached hydrogens (tertiary/aromatic N) is 1. The molecule has 2 heterocycles. The van der Waals surface area contributed by atoms with Gasteiger partial charge in [0.15, 0.2) is 0 Å². The van der Waals surface area contributed by atoms with E-state index in [4.69, 9.17) is 9.15 Å². The van der Waals surface area contributed by atoms with Crippen molar-refractivity contribution in [1.29, 1.82) is 0 Å². The van der Waals surface area contributed by atoms with Crippen LogP contribution in [-0.4, -0.2) is 11.6 Å². The molecule has 4 heteroatoms. The fourth-order valence-corrected chi connectivity index (χ4v) is 1.83. The zero-order valence-corrected chi connectivity index (χ0v) is 10.8. The van der Waals surface area contributed by atoms with Gasteiger partial charge in [-0.2, -0.15) is 0 Å². The van der Waals surface area contributed by atoms with Crippen LogP contribution in [0.1, 0.15) is 24.2 Å². The predicted molar refractivity (Wildman–Crippen MR) is 71.7 cm³/mol. The SMILES string of the molecule is c1coc(CNCc2ccc(OCC3CC3)nc2)c1. The third kappa shape index (κ3) is 3.83. The summed E-state index contributed by atoms with van der Waals surface area (Å²) in [4.78, 5) is 4.31. The average molecular weight is 258 g/mol. The number of nitrogens with one attached hydrogen (secondary N) is 1. The normalized spacial score (nSPS) is 14.5. The molecule has 0 radical (unpaired) electrons.